The highest BCUT2D eigenvalue weighted by atomic mass is 16.5. The number of carbonyl (C=O) groups excluding carboxylic acids is 1. The van der Waals surface area contributed by atoms with Gasteiger partial charge < -0.3 is 4.74 Å². The van der Waals surface area contributed by atoms with Crippen LogP contribution in [0.5, 0.6) is 5.75 Å². The second kappa shape index (κ2) is 9.68. The molecule has 0 saturated heterocycles. The predicted octanol–water partition coefficient (Wildman–Crippen LogP) is 5.64. The van der Waals surface area contributed by atoms with Crippen LogP contribution in [0.1, 0.15) is 11.1 Å². The fourth-order valence-corrected chi connectivity index (χ4v) is 2.00. The number of rotatable bonds is 4. The van der Waals surface area contributed by atoms with Crippen molar-refractivity contribution in [2.75, 3.05) is 0 Å². The van der Waals surface area contributed by atoms with E-state index in [9.17, 15) is 4.79 Å². The molecule has 25 heavy (non-hydrogen) atoms. The summed E-state index contributed by atoms with van der Waals surface area (Å²) >= 11 is 0. The summed E-state index contributed by atoms with van der Waals surface area (Å²) in [5, 5.41) is 0. The third-order valence-corrected chi connectivity index (χ3v) is 3.36. The maximum atomic E-state index is 11.8. The molecule has 0 fully saturated rings. The molecule has 0 heterocycles. The Balaban J connectivity index is 0.000000236. The van der Waals surface area contributed by atoms with Crippen LogP contribution in [0.2, 0.25) is 0 Å². The minimum Gasteiger partial charge on any atom is -0.423 e. The highest BCUT2D eigenvalue weighted by Crippen LogP contribution is 2.16. The van der Waals surface area contributed by atoms with Crippen LogP contribution in [-0.4, -0.2) is 5.97 Å². The molecule has 124 valence electrons. The van der Waals surface area contributed by atoms with Gasteiger partial charge in [0, 0.05) is 0 Å². The quantitative estimate of drug-likeness (QED) is 0.352. The Morgan fingerprint density at radius 3 is 1.72 bits per heavy atom. The first-order valence-electron chi connectivity index (χ1n) is 7.89. The van der Waals surface area contributed by atoms with Crippen molar-refractivity contribution in [2.24, 2.45) is 0 Å². The summed E-state index contributed by atoms with van der Waals surface area (Å²) in [4.78, 5) is 11.8. The van der Waals surface area contributed by atoms with Crippen LogP contribution in [0.3, 0.4) is 0 Å². The van der Waals surface area contributed by atoms with E-state index in [0.717, 1.165) is 5.56 Å². The summed E-state index contributed by atoms with van der Waals surface area (Å²) in [7, 11) is 0. The Kier molecular flexibility index (Phi) is 6.95. The van der Waals surface area contributed by atoms with E-state index in [1.165, 1.54) is 5.56 Å². The van der Waals surface area contributed by atoms with Crippen LogP contribution in [0.25, 0.3) is 11.6 Å². The number of carbonyl (C=O) groups is 1. The van der Waals surface area contributed by atoms with Crippen LogP contribution in [0.15, 0.2) is 104 Å². The molecule has 0 spiro atoms. The zero-order chi connectivity index (χ0) is 17.9. The summed E-state index contributed by atoms with van der Waals surface area (Å²) in [6.07, 6.45) is 1.83. The smallest absolute Gasteiger partial charge is 0.343 e. The zero-order valence-corrected chi connectivity index (χ0v) is 14.0. The fourth-order valence-electron chi connectivity index (χ4n) is 2.00. The molecule has 0 radical (unpaired) electrons. The first kappa shape index (κ1) is 18.0. The van der Waals surface area contributed by atoms with E-state index in [1.807, 2.05) is 84.9 Å². The van der Waals surface area contributed by atoms with Crippen molar-refractivity contribution in [1.82, 2.24) is 0 Å². The highest BCUT2D eigenvalue weighted by Gasteiger charge is 2.11. The molecule has 2 heteroatoms. The lowest BCUT2D eigenvalue weighted by Gasteiger charge is -2.06. The van der Waals surface area contributed by atoms with Crippen LogP contribution >= 0.6 is 0 Å². The van der Waals surface area contributed by atoms with Gasteiger partial charge in [-0.05, 0) is 23.3 Å². The average Bonchev–Trinajstić information content (AvgIpc) is 2.70. The van der Waals surface area contributed by atoms with Gasteiger partial charge in [0.15, 0.2) is 0 Å². The molecule has 0 aliphatic rings. The van der Waals surface area contributed by atoms with E-state index in [1.54, 1.807) is 12.1 Å². The molecule has 0 atom stereocenters. The topological polar surface area (TPSA) is 26.3 Å². The van der Waals surface area contributed by atoms with Crippen molar-refractivity contribution in [1.29, 1.82) is 0 Å². The SMILES string of the molecule is C=C(C(=O)Oc1ccccc1)c1ccccc1.C=Cc1ccccc1. The molecule has 0 N–H and O–H groups in total. The number of hydrogen-bond acceptors (Lipinski definition) is 2. The minimum absolute atomic E-state index is 0.356. The lowest BCUT2D eigenvalue weighted by molar-refractivity contribution is -0.127. The summed E-state index contributed by atoms with van der Waals surface area (Å²) in [6.45, 7) is 7.38. The first-order chi connectivity index (χ1) is 12.2. The lowest BCUT2D eigenvalue weighted by atomic mass is 10.1. The molecule has 2 nitrogen and oxygen atoms in total. The summed E-state index contributed by atoms with van der Waals surface area (Å²) in [6, 6.07) is 28.2. The molecule has 0 aromatic heterocycles. The molecule has 0 unspecified atom stereocenters. The number of hydrogen-bond donors (Lipinski definition) is 0. The monoisotopic (exact) mass is 328 g/mol. The number of benzene rings is 3. The van der Waals surface area contributed by atoms with Crippen molar-refractivity contribution in [3.05, 3.63) is 115 Å². The summed E-state index contributed by atoms with van der Waals surface area (Å²) in [5.74, 6) is 0.0944. The van der Waals surface area contributed by atoms with Gasteiger partial charge in [0.05, 0.1) is 5.57 Å². The molecule has 3 aromatic carbocycles. The van der Waals surface area contributed by atoms with Crippen molar-refractivity contribution >= 4 is 17.6 Å². The van der Waals surface area contributed by atoms with Crippen molar-refractivity contribution in [2.45, 2.75) is 0 Å². The molecule has 0 aliphatic carbocycles. The second-order valence-electron chi connectivity index (χ2n) is 5.16. The van der Waals surface area contributed by atoms with Crippen LogP contribution in [0.4, 0.5) is 0 Å². The molecule has 3 aromatic rings. The van der Waals surface area contributed by atoms with Gasteiger partial charge in [0.2, 0.25) is 0 Å². The Morgan fingerprint density at radius 1 is 0.760 bits per heavy atom. The zero-order valence-electron chi connectivity index (χ0n) is 14.0. The molecule has 0 bridgehead atoms. The molecular formula is C23H20O2. The van der Waals surface area contributed by atoms with Gasteiger partial charge in [0.1, 0.15) is 5.75 Å². The molecule has 0 amide bonds. The highest BCUT2D eigenvalue weighted by molar-refractivity contribution is 6.16. The fraction of sp³-hybridized carbons (Fsp3) is 0. The predicted molar refractivity (Wildman–Crippen MR) is 104 cm³/mol. The minimum atomic E-state index is -0.428. The van der Waals surface area contributed by atoms with Crippen LogP contribution < -0.4 is 4.74 Å². The van der Waals surface area contributed by atoms with Gasteiger partial charge in [-0.2, -0.15) is 0 Å². The van der Waals surface area contributed by atoms with Gasteiger partial charge in [-0.25, -0.2) is 4.79 Å². The van der Waals surface area contributed by atoms with Crippen molar-refractivity contribution in [3.8, 4) is 5.75 Å². The first-order valence-corrected chi connectivity index (χ1v) is 7.89. The third-order valence-electron chi connectivity index (χ3n) is 3.36. The number of ether oxygens (including phenoxy) is 1. The van der Waals surface area contributed by atoms with E-state index >= 15 is 0 Å². The maximum absolute atomic E-state index is 11.8. The standard InChI is InChI=1S/C15H12O2.C8H8/c1-12(13-8-4-2-5-9-13)15(16)17-14-10-6-3-7-11-14;1-2-8-6-4-3-5-7-8/h2-11H,1H2;2-7H,1H2. The second-order valence-corrected chi connectivity index (χ2v) is 5.16. The van der Waals surface area contributed by atoms with Crippen molar-refractivity contribution < 1.29 is 9.53 Å². The Morgan fingerprint density at radius 2 is 1.24 bits per heavy atom. The molecular weight excluding hydrogens is 308 g/mol. The Labute approximate surface area is 148 Å². The van der Waals surface area contributed by atoms with E-state index < -0.39 is 5.97 Å². The normalized spacial score (nSPS) is 9.28. The Hall–Kier alpha value is -3.39. The number of para-hydroxylation sites is 1. The molecule has 3 rings (SSSR count). The van der Waals surface area contributed by atoms with Gasteiger partial charge >= 0.3 is 5.97 Å². The van der Waals surface area contributed by atoms with Gasteiger partial charge in [-0.3, -0.25) is 0 Å². The largest absolute Gasteiger partial charge is 0.423 e. The van der Waals surface area contributed by atoms with E-state index in [-0.39, 0.29) is 0 Å². The maximum Gasteiger partial charge on any atom is 0.343 e. The Bertz CT molecular complexity index is 806. The van der Waals surface area contributed by atoms with E-state index in [4.69, 9.17) is 4.74 Å². The summed E-state index contributed by atoms with van der Waals surface area (Å²) < 4.78 is 5.19. The van der Waals surface area contributed by atoms with Crippen LogP contribution in [0, 0.1) is 0 Å². The lowest BCUT2D eigenvalue weighted by Crippen LogP contribution is -2.09. The van der Waals surface area contributed by atoms with E-state index in [2.05, 4.69) is 13.2 Å². The third kappa shape index (κ3) is 5.96. The van der Waals surface area contributed by atoms with Crippen LogP contribution in [-0.2, 0) is 4.79 Å². The average molecular weight is 328 g/mol. The van der Waals surface area contributed by atoms with Gasteiger partial charge in [-0.15, -0.1) is 0 Å². The molecule has 0 saturated carbocycles. The van der Waals surface area contributed by atoms with Crippen molar-refractivity contribution in [3.63, 3.8) is 0 Å². The van der Waals surface area contributed by atoms with Gasteiger partial charge in [0.25, 0.3) is 0 Å². The van der Waals surface area contributed by atoms with E-state index in [0.29, 0.717) is 11.3 Å². The van der Waals surface area contributed by atoms with Gasteiger partial charge in [-0.1, -0.05) is 98.1 Å². The summed E-state index contributed by atoms with van der Waals surface area (Å²) in [5.41, 5.74) is 2.30. The molecule has 0 aliphatic heterocycles. The number of esters is 1.